The molecule has 0 fully saturated rings. The van der Waals surface area contributed by atoms with Crippen LogP contribution in [0.15, 0.2) is 59.7 Å². The fourth-order valence-electron chi connectivity index (χ4n) is 2.44. The number of anilines is 1. The minimum Gasteiger partial charge on any atom is -0.261 e. The summed E-state index contributed by atoms with van der Waals surface area (Å²) in [6, 6.07) is 16.2. The van der Waals surface area contributed by atoms with Crippen LogP contribution in [0, 0.1) is 17.0 Å². The van der Waals surface area contributed by atoms with Crippen LogP contribution < -0.4 is 5.43 Å². The van der Waals surface area contributed by atoms with Crippen molar-refractivity contribution in [1.82, 2.24) is 4.98 Å². The molecule has 24 heavy (non-hydrogen) atoms. The maximum absolute atomic E-state index is 10.7. The first kappa shape index (κ1) is 15.6. The van der Waals surface area contributed by atoms with E-state index in [0.29, 0.717) is 5.82 Å². The van der Waals surface area contributed by atoms with Crippen molar-refractivity contribution in [2.24, 2.45) is 5.10 Å². The Morgan fingerprint density at radius 2 is 1.88 bits per heavy atom. The van der Waals surface area contributed by atoms with E-state index in [1.165, 1.54) is 12.1 Å². The second-order valence-electron chi connectivity index (χ2n) is 5.45. The van der Waals surface area contributed by atoms with Crippen molar-refractivity contribution in [2.45, 2.75) is 13.8 Å². The Labute approximate surface area is 139 Å². The number of nitro groups is 1. The molecule has 0 aliphatic heterocycles. The first-order valence-corrected chi connectivity index (χ1v) is 7.46. The van der Waals surface area contributed by atoms with Gasteiger partial charge in [-0.1, -0.05) is 18.2 Å². The minimum absolute atomic E-state index is 0.0614. The average molecular weight is 320 g/mol. The predicted octanol–water partition coefficient (Wildman–Crippen LogP) is 4.29. The van der Waals surface area contributed by atoms with Crippen molar-refractivity contribution in [3.05, 3.63) is 75.8 Å². The molecule has 0 radical (unpaired) electrons. The van der Waals surface area contributed by atoms with Gasteiger partial charge in [0.1, 0.15) is 5.82 Å². The molecule has 0 aliphatic rings. The number of benzene rings is 2. The van der Waals surface area contributed by atoms with Gasteiger partial charge in [0.05, 0.1) is 16.2 Å². The fourth-order valence-corrected chi connectivity index (χ4v) is 2.44. The van der Waals surface area contributed by atoms with Crippen molar-refractivity contribution >= 4 is 28.1 Å². The number of non-ortho nitro benzene ring substituents is 1. The maximum Gasteiger partial charge on any atom is 0.269 e. The Bertz CT molecular complexity index is 933. The van der Waals surface area contributed by atoms with Gasteiger partial charge in [-0.3, -0.25) is 15.5 Å². The number of hydrogen-bond acceptors (Lipinski definition) is 5. The number of aryl methyl sites for hydroxylation is 1. The average Bonchev–Trinajstić information content (AvgIpc) is 2.60. The highest BCUT2D eigenvalue weighted by Crippen LogP contribution is 2.20. The van der Waals surface area contributed by atoms with Crippen LogP contribution in [-0.4, -0.2) is 15.6 Å². The zero-order valence-electron chi connectivity index (χ0n) is 13.4. The number of hydrazone groups is 1. The maximum atomic E-state index is 10.7. The van der Waals surface area contributed by atoms with Crippen LogP contribution in [0.4, 0.5) is 11.5 Å². The van der Waals surface area contributed by atoms with E-state index in [-0.39, 0.29) is 5.69 Å². The summed E-state index contributed by atoms with van der Waals surface area (Å²) in [5.41, 5.74) is 6.57. The zero-order valence-corrected chi connectivity index (χ0v) is 13.4. The van der Waals surface area contributed by atoms with Gasteiger partial charge in [-0.2, -0.15) is 5.10 Å². The zero-order chi connectivity index (χ0) is 17.1. The number of pyridine rings is 1. The molecule has 1 heterocycles. The van der Waals surface area contributed by atoms with Crippen molar-refractivity contribution in [1.29, 1.82) is 0 Å². The van der Waals surface area contributed by atoms with Crippen LogP contribution in [0.1, 0.15) is 18.1 Å². The number of nitrogens with zero attached hydrogens (tertiary/aromatic N) is 3. The van der Waals surface area contributed by atoms with E-state index in [2.05, 4.69) is 15.5 Å². The molecule has 0 saturated heterocycles. The summed E-state index contributed by atoms with van der Waals surface area (Å²) in [6.45, 7) is 3.87. The molecular weight excluding hydrogens is 304 g/mol. The normalized spacial score (nSPS) is 11.5. The van der Waals surface area contributed by atoms with Crippen LogP contribution in [0.25, 0.3) is 10.9 Å². The number of aromatic nitrogens is 1. The van der Waals surface area contributed by atoms with Gasteiger partial charge < -0.3 is 0 Å². The Balaban J connectivity index is 1.83. The molecule has 6 heteroatoms. The Kier molecular flexibility index (Phi) is 4.20. The molecule has 120 valence electrons. The van der Waals surface area contributed by atoms with Crippen LogP contribution in [0.2, 0.25) is 0 Å². The van der Waals surface area contributed by atoms with E-state index in [1.54, 1.807) is 12.1 Å². The predicted molar refractivity (Wildman–Crippen MR) is 95.4 cm³/mol. The largest absolute Gasteiger partial charge is 0.269 e. The lowest BCUT2D eigenvalue weighted by Gasteiger charge is -2.07. The highest BCUT2D eigenvalue weighted by molar-refractivity contribution is 5.99. The highest BCUT2D eigenvalue weighted by atomic mass is 16.6. The lowest BCUT2D eigenvalue weighted by molar-refractivity contribution is -0.384. The molecule has 2 aromatic carbocycles. The van der Waals surface area contributed by atoms with E-state index in [0.717, 1.165) is 27.7 Å². The van der Waals surface area contributed by atoms with Gasteiger partial charge in [0.25, 0.3) is 5.69 Å². The van der Waals surface area contributed by atoms with Crippen molar-refractivity contribution in [3.63, 3.8) is 0 Å². The summed E-state index contributed by atoms with van der Waals surface area (Å²) in [4.78, 5) is 14.8. The lowest BCUT2D eigenvalue weighted by Crippen LogP contribution is -2.01. The Morgan fingerprint density at radius 3 is 2.58 bits per heavy atom. The number of hydrogen-bond donors (Lipinski definition) is 1. The molecule has 6 nitrogen and oxygen atoms in total. The molecule has 0 bridgehead atoms. The Hall–Kier alpha value is -3.28. The van der Waals surface area contributed by atoms with Gasteiger partial charge in [0.15, 0.2) is 0 Å². The van der Waals surface area contributed by atoms with Gasteiger partial charge in [-0.25, -0.2) is 4.98 Å². The summed E-state index contributed by atoms with van der Waals surface area (Å²) in [7, 11) is 0. The summed E-state index contributed by atoms with van der Waals surface area (Å²) in [5.74, 6) is 0.660. The Morgan fingerprint density at radius 1 is 1.17 bits per heavy atom. The number of para-hydroxylation sites is 1. The number of rotatable bonds is 4. The molecule has 0 unspecified atom stereocenters. The number of nitrogens with one attached hydrogen (secondary N) is 1. The van der Waals surface area contributed by atoms with Gasteiger partial charge in [0.2, 0.25) is 0 Å². The lowest BCUT2D eigenvalue weighted by atomic mass is 10.1. The van der Waals surface area contributed by atoms with E-state index >= 15 is 0 Å². The van der Waals surface area contributed by atoms with Crippen LogP contribution in [0.3, 0.4) is 0 Å². The third kappa shape index (κ3) is 3.22. The first-order chi connectivity index (χ1) is 11.5. The molecule has 3 aromatic rings. The summed E-state index contributed by atoms with van der Waals surface area (Å²) >= 11 is 0. The molecule has 1 aromatic heterocycles. The molecule has 0 saturated carbocycles. The van der Waals surface area contributed by atoms with Crippen LogP contribution >= 0.6 is 0 Å². The van der Waals surface area contributed by atoms with Crippen LogP contribution in [-0.2, 0) is 0 Å². The third-order valence-corrected chi connectivity index (χ3v) is 3.76. The van der Waals surface area contributed by atoms with Gasteiger partial charge >= 0.3 is 0 Å². The van der Waals surface area contributed by atoms with Gasteiger partial charge in [-0.05, 0) is 49.2 Å². The summed E-state index contributed by atoms with van der Waals surface area (Å²) < 4.78 is 0. The molecule has 0 spiro atoms. The summed E-state index contributed by atoms with van der Waals surface area (Å²) in [6.07, 6.45) is 0. The van der Waals surface area contributed by atoms with Gasteiger partial charge in [-0.15, -0.1) is 0 Å². The first-order valence-electron chi connectivity index (χ1n) is 7.46. The van der Waals surface area contributed by atoms with Crippen molar-refractivity contribution < 1.29 is 4.92 Å². The number of nitro benzene ring substituents is 1. The molecule has 0 aliphatic carbocycles. The monoisotopic (exact) mass is 320 g/mol. The SMILES string of the molecule is CC(=NNc1cc(C)c2ccccc2n1)c1ccc([N+](=O)[O-])cc1. The van der Waals surface area contributed by atoms with Crippen molar-refractivity contribution in [3.8, 4) is 0 Å². The van der Waals surface area contributed by atoms with E-state index in [4.69, 9.17) is 0 Å². The molecular formula is C18H16N4O2. The molecule has 1 N–H and O–H groups in total. The third-order valence-electron chi connectivity index (χ3n) is 3.76. The van der Waals surface area contributed by atoms with Crippen molar-refractivity contribution in [2.75, 3.05) is 5.43 Å². The smallest absolute Gasteiger partial charge is 0.261 e. The number of fused-ring (bicyclic) bond motifs is 1. The van der Waals surface area contributed by atoms with Gasteiger partial charge in [0, 0.05) is 17.5 Å². The topological polar surface area (TPSA) is 80.4 Å². The van der Waals surface area contributed by atoms with E-state index in [9.17, 15) is 10.1 Å². The second-order valence-corrected chi connectivity index (χ2v) is 5.45. The second kappa shape index (κ2) is 6.45. The van der Waals surface area contributed by atoms with E-state index in [1.807, 2.05) is 44.2 Å². The highest BCUT2D eigenvalue weighted by Gasteiger charge is 2.06. The molecule has 0 amide bonds. The minimum atomic E-state index is -0.420. The fraction of sp³-hybridized carbons (Fsp3) is 0.111. The van der Waals surface area contributed by atoms with E-state index < -0.39 is 4.92 Å². The standard InChI is InChI=1S/C18H16N4O2/c1-12-11-18(19-17-6-4-3-5-16(12)17)21-20-13(2)14-7-9-15(10-8-14)22(23)24/h3-11H,1-2H3,(H,19,21). The molecule has 3 rings (SSSR count). The summed E-state index contributed by atoms with van der Waals surface area (Å²) in [5, 5.41) is 16.1. The quantitative estimate of drug-likeness (QED) is 0.442. The molecule has 0 atom stereocenters. The van der Waals surface area contributed by atoms with Crippen LogP contribution in [0.5, 0.6) is 0 Å².